The minimum absolute atomic E-state index is 0.0296. The molecule has 0 fully saturated rings. The normalized spacial score (nSPS) is 13.8. The molecule has 0 saturated heterocycles. The number of benzene rings is 1. The summed E-state index contributed by atoms with van der Waals surface area (Å²) in [7, 11) is 0. The highest BCUT2D eigenvalue weighted by atomic mass is 19.4. The van der Waals surface area contributed by atoms with E-state index in [0.717, 1.165) is 10.5 Å². The van der Waals surface area contributed by atoms with E-state index in [1.54, 1.807) is 13.0 Å². The van der Waals surface area contributed by atoms with E-state index in [0.29, 0.717) is 12.1 Å². The number of halogens is 3. The number of carbonyl (C=O) groups is 2. The smallest absolute Gasteiger partial charge is 0.330 e. The number of hydrogen-bond donors (Lipinski definition) is 1. The number of nitrogens with zero attached hydrogens (tertiary/aromatic N) is 1. The second-order valence-electron chi connectivity index (χ2n) is 4.94. The molecule has 1 aromatic rings. The second kappa shape index (κ2) is 5.75. The average Bonchev–Trinajstić information content (AvgIpc) is 2.74. The number of amides is 2. The van der Waals surface area contributed by atoms with Gasteiger partial charge in [-0.05, 0) is 24.1 Å². The van der Waals surface area contributed by atoms with Crippen molar-refractivity contribution in [3.05, 3.63) is 29.3 Å². The van der Waals surface area contributed by atoms with Crippen molar-refractivity contribution in [1.82, 2.24) is 4.90 Å². The molecular formula is C14H15F3N2O2. The second-order valence-corrected chi connectivity index (χ2v) is 4.94. The van der Waals surface area contributed by atoms with Gasteiger partial charge >= 0.3 is 6.18 Å². The van der Waals surface area contributed by atoms with E-state index < -0.39 is 18.6 Å². The molecule has 0 saturated carbocycles. The molecule has 4 nitrogen and oxygen atoms in total. The van der Waals surface area contributed by atoms with Crippen molar-refractivity contribution in [1.29, 1.82) is 0 Å². The molecule has 1 aromatic carbocycles. The lowest BCUT2D eigenvalue weighted by molar-refractivity contribution is -0.140. The van der Waals surface area contributed by atoms with Crippen molar-refractivity contribution in [2.45, 2.75) is 25.9 Å². The number of fused-ring (bicyclic) bond motifs is 1. The summed E-state index contributed by atoms with van der Waals surface area (Å²) in [5, 5.41) is 2.58. The Labute approximate surface area is 119 Å². The van der Waals surface area contributed by atoms with E-state index >= 15 is 0 Å². The Morgan fingerprint density at radius 3 is 2.71 bits per heavy atom. The fourth-order valence-corrected chi connectivity index (χ4v) is 2.27. The first-order valence-electron chi connectivity index (χ1n) is 6.59. The lowest BCUT2D eigenvalue weighted by atomic mass is 10.1. The molecule has 0 radical (unpaired) electrons. The molecule has 2 amide bonds. The molecule has 0 aromatic heterocycles. The summed E-state index contributed by atoms with van der Waals surface area (Å²) in [5.41, 5.74) is 1.39. The van der Waals surface area contributed by atoms with E-state index in [2.05, 4.69) is 5.32 Å². The Bertz CT molecular complexity index is 570. The molecule has 0 bridgehead atoms. The van der Waals surface area contributed by atoms with Crippen molar-refractivity contribution in [2.75, 3.05) is 18.4 Å². The summed E-state index contributed by atoms with van der Waals surface area (Å²) < 4.78 is 37.6. The largest absolute Gasteiger partial charge is 0.406 e. The van der Waals surface area contributed by atoms with Crippen molar-refractivity contribution in [2.24, 2.45) is 0 Å². The van der Waals surface area contributed by atoms with Gasteiger partial charge in [-0.1, -0.05) is 13.0 Å². The molecule has 1 heterocycles. The standard InChI is InChI=1S/C14H15F3N2O2/c1-2-5-19(8-14(15,16)17)13(21)10-4-3-9-7-12(20)18-11(9)6-10/h3-4,6H,2,5,7-8H2,1H3,(H,18,20). The van der Waals surface area contributed by atoms with Crippen LogP contribution in [0.4, 0.5) is 18.9 Å². The summed E-state index contributed by atoms with van der Waals surface area (Å²) >= 11 is 0. The van der Waals surface area contributed by atoms with Crippen LogP contribution in [-0.2, 0) is 11.2 Å². The average molecular weight is 300 g/mol. The molecule has 0 aliphatic carbocycles. The van der Waals surface area contributed by atoms with Crippen LogP contribution >= 0.6 is 0 Å². The van der Waals surface area contributed by atoms with Crippen LogP contribution in [0.1, 0.15) is 29.3 Å². The Morgan fingerprint density at radius 1 is 1.38 bits per heavy atom. The highest BCUT2D eigenvalue weighted by Gasteiger charge is 2.33. The topological polar surface area (TPSA) is 49.4 Å². The lowest BCUT2D eigenvalue weighted by Crippen LogP contribution is -2.39. The molecule has 0 atom stereocenters. The van der Waals surface area contributed by atoms with E-state index in [9.17, 15) is 22.8 Å². The number of nitrogens with one attached hydrogen (secondary N) is 1. The van der Waals surface area contributed by atoms with Crippen molar-refractivity contribution in [3.63, 3.8) is 0 Å². The van der Waals surface area contributed by atoms with Gasteiger partial charge in [0.05, 0.1) is 6.42 Å². The lowest BCUT2D eigenvalue weighted by Gasteiger charge is -2.23. The van der Waals surface area contributed by atoms with Crippen LogP contribution < -0.4 is 5.32 Å². The maximum atomic E-state index is 12.5. The molecular weight excluding hydrogens is 285 g/mol. The molecule has 7 heteroatoms. The van der Waals surface area contributed by atoms with E-state index in [1.807, 2.05) is 0 Å². The molecule has 0 spiro atoms. The number of hydrogen-bond acceptors (Lipinski definition) is 2. The van der Waals surface area contributed by atoms with Crippen LogP contribution in [0.15, 0.2) is 18.2 Å². The van der Waals surface area contributed by atoms with Gasteiger partial charge < -0.3 is 10.2 Å². The minimum atomic E-state index is -4.43. The molecule has 21 heavy (non-hydrogen) atoms. The van der Waals surface area contributed by atoms with Crippen LogP contribution in [0.25, 0.3) is 0 Å². The molecule has 2 rings (SSSR count). The molecule has 1 N–H and O–H groups in total. The Morgan fingerprint density at radius 2 is 2.10 bits per heavy atom. The minimum Gasteiger partial charge on any atom is -0.330 e. The van der Waals surface area contributed by atoms with E-state index in [1.165, 1.54) is 12.1 Å². The third kappa shape index (κ3) is 3.74. The summed E-state index contributed by atoms with van der Waals surface area (Å²) in [6.07, 6.45) is -3.77. The van der Waals surface area contributed by atoms with Crippen LogP contribution in [0, 0.1) is 0 Å². The highest BCUT2D eigenvalue weighted by Crippen LogP contribution is 2.25. The van der Waals surface area contributed by atoms with Crippen molar-refractivity contribution in [3.8, 4) is 0 Å². The van der Waals surface area contributed by atoms with Crippen LogP contribution in [-0.4, -0.2) is 36.0 Å². The zero-order chi connectivity index (χ0) is 15.6. The van der Waals surface area contributed by atoms with Gasteiger partial charge in [-0.25, -0.2) is 0 Å². The maximum Gasteiger partial charge on any atom is 0.406 e. The summed E-state index contributed by atoms with van der Waals surface area (Å²) in [6.45, 7) is 0.463. The first kappa shape index (κ1) is 15.3. The van der Waals surface area contributed by atoms with Gasteiger partial charge in [0.15, 0.2) is 0 Å². The molecule has 1 aliphatic heterocycles. The fraction of sp³-hybridized carbons (Fsp3) is 0.429. The zero-order valence-corrected chi connectivity index (χ0v) is 11.5. The Balaban J connectivity index is 2.21. The summed E-state index contributed by atoms with van der Waals surface area (Å²) in [5.74, 6) is -0.867. The predicted molar refractivity (Wildman–Crippen MR) is 71.0 cm³/mol. The van der Waals surface area contributed by atoms with Gasteiger partial charge in [-0.3, -0.25) is 9.59 Å². The maximum absolute atomic E-state index is 12.5. The fourth-order valence-electron chi connectivity index (χ4n) is 2.27. The van der Waals surface area contributed by atoms with E-state index in [4.69, 9.17) is 0 Å². The summed E-state index contributed by atoms with van der Waals surface area (Å²) in [4.78, 5) is 24.2. The number of rotatable bonds is 4. The Kier molecular flexibility index (Phi) is 4.20. The van der Waals surface area contributed by atoms with Gasteiger partial charge in [-0.2, -0.15) is 13.2 Å². The SMILES string of the molecule is CCCN(CC(F)(F)F)C(=O)c1ccc2c(c1)NC(=O)C2. The van der Waals surface area contributed by atoms with Gasteiger partial charge in [-0.15, -0.1) is 0 Å². The molecule has 1 aliphatic rings. The zero-order valence-electron chi connectivity index (χ0n) is 11.5. The number of anilines is 1. The van der Waals surface area contributed by atoms with Gasteiger partial charge in [0.25, 0.3) is 5.91 Å². The molecule has 114 valence electrons. The third-order valence-electron chi connectivity index (χ3n) is 3.13. The quantitative estimate of drug-likeness (QED) is 0.929. The highest BCUT2D eigenvalue weighted by molar-refractivity contribution is 6.02. The van der Waals surface area contributed by atoms with Crippen LogP contribution in [0.5, 0.6) is 0 Å². The Hall–Kier alpha value is -2.05. The van der Waals surface area contributed by atoms with Crippen LogP contribution in [0.3, 0.4) is 0 Å². The van der Waals surface area contributed by atoms with Gasteiger partial charge in [0.2, 0.25) is 5.91 Å². The summed E-state index contributed by atoms with van der Waals surface area (Å²) in [6, 6.07) is 4.49. The van der Waals surface area contributed by atoms with Crippen molar-refractivity contribution < 1.29 is 22.8 Å². The first-order chi connectivity index (χ1) is 9.80. The number of alkyl halides is 3. The number of carbonyl (C=O) groups excluding carboxylic acids is 2. The molecule has 0 unspecified atom stereocenters. The monoisotopic (exact) mass is 300 g/mol. The van der Waals surface area contributed by atoms with Crippen LogP contribution in [0.2, 0.25) is 0 Å². The predicted octanol–water partition coefficient (Wildman–Crippen LogP) is 2.60. The first-order valence-corrected chi connectivity index (χ1v) is 6.59. The van der Waals surface area contributed by atoms with Crippen molar-refractivity contribution >= 4 is 17.5 Å². The van der Waals surface area contributed by atoms with Gasteiger partial charge in [0, 0.05) is 17.8 Å². The third-order valence-corrected chi connectivity index (χ3v) is 3.13. The van der Waals surface area contributed by atoms with E-state index in [-0.39, 0.29) is 24.4 Å². The van der Waals surface area contributed by atoms with Gasteiger partial charge in [0.1, 0.15) is 6.54 Å².